The van der Waals surface area contributed by atoms with E-state index in [1.165, 1.54) is 10.9 Å². The van der Waals surface area contributed by atoms with Crippen molar-refractivity contribution in [1.29, 1.82) is 0 Å². The fourth-order valence-electron chi connectivity index (χ4n) is 1.89. The molecule has 0 aliphatic heterocycles. The Bertz CT molecular complexity index is 780. The van der Waals surface area contributed by atoms with E-state index < -0.39 is 5.91 Å². The van der Waals surface area contributed by atoms with Gasteiger partial charge in [0.1, 0.15) is 5.76 Å². The van der Waals surface area contributed by atoms with Crippen molar-refractivity contribution < 1.29 is 9.21 Å². The number of anilines is 1. The molecule has 0 saturated carbocycles. The third-order valence-corrected chi connectivity index (χ3v) is 3.25. The molecule has 0 spiro atoms. The number of aromatic nitrogens is 3. The van der Waals surface area contributed by atoms with Crippen molar-refractivity contribution in [2.24, 2.45) is 0 Å². The molecule has 1 aromatic carbocycles. The number of rotatable bonds is 4. The minimum absolute atomic E-state index is 0.0570. The van der Waals surface area contributed by atoms with Crippen LogP contribution in [0.1, 0.15) is 16.2 Å². The molecule has 0 atom stereocenters. The lowest BCUT2D eigenvalue weighted by molar-refractivity contribution is 0.0944. The molecule has 8 heteroatoms. The SMILES string of the molecule is Nc1c(C(=O)NCc2ccco2)nnn1-c1ccc(Cl)cc1. The van der Waals surface area contributed by atoms with Gasteiger partial charge in [-0.15, -0.1) is 5.10 Å². The molecule has 22 heavy (non-hydrogen) atoms. The fraction of sp³-hybridized carbons (Fsp3) is 0.0714. The van der Waals surface area contributed by atoms with Crippen molar-refractivity contribution in [1.82, 2.24) is 20.3 Å². The minimum Gasteiger partial charge on any atom is -0.467 e. The molecule has 0 radical (unpaired) electrons. The minimum atomic E-state index is -0.422. The Morgan fingerprint density at radius 1 is 1.32 bits per heavy atom. The number of benzene rings is 1. The van der Waals surface area contributed by atoms with Gasteiger partial charge in [-0.05, 0) is 36.4 Å². The summed E-state index contributed by atoms with van der Waals surface area (Å²) in [5, 5.41) is 11.0. The maximum atomic E-state index is 12.1. The first kappa shape index (κ1) is 14.2. The van der Waals surface area contributed by atoms with Crippen LogP contribution in [0.4, 0.5) is 5.82 Å². The largest absolute Gasteiger partial charge is 0.467 e. The van der Waals surface area contributed by atoms with E-state index in [9.17, 15) is 4.79 Å². The molecule has 1 amide bonds. The van der Waals surface area contributed by atoms with Crippen LogP contribution in [-0.2, 0) is 6.54 Å². The van der Waals surface area contributed by atoms with Gasteiger partial charge in [-0.1, -0.05) is 16.8 Å². The van der Waals surface area contributed by atoms with Crippen LogP contribution in [-0.4, -0.2) is 20.9 Å². The van der Waals surface area contributed by atoms with E-state index in [4.69, 9.17) is 21.8 Å². The molecular formula is C14H12ClN5O2. The number of nitrogen functional groups attached to an aromatic ring is 1. The van der Waals surface area contributed by atoms with Gasteiger partial charge >= 0.3 is 0 Å². The first-order valence-electron chi connectivity index (χ1n) is 6.43. The molecule has 2 heterocycles. The zero-order valence-electron chi connectivity index (χ0n) is 11.4. The second-order valence-electron chi connectivity index (χ2n) is 4.47. The van der Waals surface area contributed by atoms with Crippen LogP contribution in [0.3, 0.4) is 0 Å². The molecule has 0 saturated heterocycles. The number of amides is 1. The Labute approximate surface area is 130 Å². The number of nitrogens with one attached hydrogen (secondary N) is 1. The summed E-state index contributed by atoms with van der Waals surface area (Å²) in [6.45, 7) is 0.249. The number of furan rings is 1. The monoisotopic (exact) mass is 317 g/mol. The molecule has 0 aliphatic rings. The number of nitrogens with two attached hydrogens (primary N) is 1. The van der Waals surface area contributed by atoms with Gasteiger partial charge in [0.15, 0.2) is 11.5 Å². The second kappa shape index (κ2) is 5.90. The Morgan fingerprint density at radius 3 is 2.77 bits per heavy atom. The second-order valence-corrected chi connectivity index (χ2v) is 4.91. The topological polar surface area (TPSA) is 99.0 Å². The standard InChI is InChI=1S/C14H12ClN5O2/c15-9-3-5-10(6-4-9)20-13(16)12(18-19-20)14(21)17-8-11-2-1-7-22-11/h1-7H,8,16H2,(H,17,21). The highest BCUT2D eigenvalue weighted by atomic mass is 35.5. The van der Waals surface area contributed by atoms with Crippen LogP contribution in [0.25, 0.3) is 5.69 Å². The summed E-state index contributed by atoms with van der Waals surface area (Å²) in [5.74, 6) is 0.366. The first-order valence-corrected chi connectivity index (χ1v) is 6.80. The van der Waals surface area contributed by atoms with Crippen molar-refractivity contribution >= 4 is 23.3 Å². The molecule has 2 aromatic heterocycles. The Morgan fingerprint density at radius 2 is 2.09 bits per heavy atom. The van der Waals surface area contributed by atoms with Gasteiger partial charge in [-0.2, -0.15) is 4.68 Å². The molecule has 3 N–H and O–H groups in total. The molecule has 0 unspecified atom stereocenters. The Balaban J connectivity index is 1.77. The lowest BCUT2D eigenvalue weighted by atomic mass is 10.3. The van der Waals surface area contributed by atoms with Gasteiger partial charge in [0.25, 0.3) is 5.91 Å². The Hall–Kier alpha value is -2.80. The predicted octanol–water partition coefficient (Wildman–Crippen LogP) is 2.03. The van der Waals surface area contributed by atoms with Crippen molar-refractivity contribution in [3.05, 3.63) is 59.1 Å². The summed E-state index contributed by atoms with van der Waals surface area (Å²) in [6, 6.07) is 10.4. The van der Waals surface area contributed by atoms with Gasteiger partial charge in [0.05, 0.1) is 18.5 Å². The van der Waals surface area contributed by atoms with E-state index >= 15 is 0 Å². The van der Waals surface area contributed by atoms with Crippen LogP contribution in [0, 0.1) is 0 Å². The number of halogens is 1. The van der Waals surface area contributed by atoms with E-state index in [1.54, 1.807) is 36.4 Å². The van der Waals surface area contributed by atoms with Crippen LogP contribution >= 0.6 is 11.6 Å². The lowest BCUT2D eigenvalue weighted by Gasteiger charge is -2.04. The smallest absolute Gasteiger partial charge is 0.276 e. The zero-order chi connectivity index (χ0) is 15.5. The van der Waals surface area contributed by atoms with E-state index in [0.29, 0.717) is 16.5 Å². The molecule has 3 aromatic rings. The lowest BCUT2D eigenvalue weighted by Crippen LogP contribution is -2.24. The summed E-state index contributed by atoms with van der Waals surface area (Å²) < 4.78 is 6.51. The first-order chi connectivity index (χ1) is 10.6. The predicted molar refractivity (Wildman–Crippen MR) is 80.7 cm³/mol. The average molecular weight is 318 g/mol. The van der Waals surface area contributed by atoms with Crippen molar-refractivity contribution in [3.8, 4) is 5.69 Å². The third kappa shape index (κ3) is 2.79. The van der Waals surface area contributed by atoms with Crippen molar-refractivity contribution in [2.45, 2.75) is 6.54 Å². The summed E-state index contributed by atoms with van der Waals surface area (Å²) >= 11 is 5.84. The number of carbonyl (C=O) groups excluding carboxylic acids is 1. The van der Waals surface area contributed by atoms with Gasteiger partial charge < -0.3 is 15.5 Å². The highest BCUT2D eigenvalue weighted by Gasteiger charge is 2.18. The van der Waals surface area contributed by atoms with Crippen LogP contribution in [0.5, 0.6) is 0 Å². The quantitative estimate of drug-likeness (QED) is 0.767. The van der Waals surface area contributed by atoms with Crippen molar-refractivity contribution in [2.75, 3.05) is 5.73 Å². The normalized spacial score (nSPS) is 10.6. The van der Waals surface area contributed by atoms with E-state index in [1.807, 2.05) is 0 Å². The zero-order valence-corrected chi connectivity index (χ0v) is 12.1. The number of hydrogen-bond acceptors (Lipinski definition) is 5. The fourth-order valence-corrected chi connectivity index (χ4v) is 2.01. The summed E-state index contributed by atoms with van der Waals surface area (Å²) in [4.78, 5) is 12.1. The van der Waals surface area contributed by atoms with E-state index in [0.717, 1.165) is 0 Å². The molecule has 0 bridgehead atoms. The molecule has 112 valence electrons. The van der Waals surface area contributed by atoms with Crippen molar-refractivity contribution in [3.63, 3.8) is 0 Å². The van der Waals surface area contributed by atoms with E-state index in [-0.39, 0.29) is 18.1 Å². The van der Waals surface area contributed by atoms with Crippen LogP contribution < -0.4 is 11.1 Å². The molecular weight excluding hydrogens is 306 g/mol. The average Bonchev–Trinajstić information content (AvgIpc) is 3.15. The summed E-state index contributed by atoms with van der Waals surface area (Å²) in [7, 11) is 0. The van der Waals surface area contributed by atoms with Gasteiger partial charge in [-0.25, -0.2) is 0 Å². The molecule has 0 fully saturated rings. The number of hydrogen-bond donors (Lipinski definition) is 2. The highest BCUT2D eigenvalue weighted by Crippen LogP contribution is 2.17. The van der Waals surface area contributed by atoms with Crippen LogP contribution in [0.2, 0.25) is 5.02 Å². The molecule has 3 rings (SSSR count). The molecule has 7 nitrogen and oxygen atoms in total. The van der Waals surface area contributed by atoms with Crippen LogP contribution in [0.15, 0.2) is 47.1 Å². The van der Waals surface area contributed by atoms with E-state index in [2.05, 4.69) is 15.6 Å². The van der Waals surface area contributed by atoms with Gasteiger partial charge in [0, 0.05) is 5.02 Å². The Kier molecular flexibility index (Phi) is 3.80. The molecule has 0 aliphatic carbocycles. The third-order valence-electron chi connectivity index (χ3n) is 2.99. The highest BCUT2D eigenvalue weighted by molar-refractivity contribution is 6.30. The number of carbonyl (C=O) groups is 1. The summed E-state index contributed by atoms with van der Waals surface area (Å²) in [5.41, 5.74) is 6.67. The van der Waals surface area contributed by atoms with Gasteiger partial charge in [0.2, 0.25) is 0 Å². The summed E-state index contributed by atoms with van der Waals surface area (Å²) in [6.07, 6.45) is 1.53. The van der Waals surface area contributed by atoms with Gasteiger partial charge in [-0.3, -0.25) is 4.79 Å². The maximum absolute atomic E-state index is 12.1. The maximum Gasteiger partial charge on any atom is 0.276 e. The number of nitrogens with zero attached hydrogens (tertiary/aromatic N) is 3.